The van der Waals surface area contributed by atoms with Gasteiger partial charge in [-0.25, -0.2) is 8.42 Å². The normalized spacial score (nSPS) is 18.2. The summed E-state index contributed by atoms with van der Waals surface area (Å²) in [4.78, 5) is 2.18. The second-order valence-corrected chi connectivity index (χ2v) is 9.51. The van der Waals surface area contributed by atoms with Gasteiger partial charge in [0.25, 0.3) is 0 Å². The van der Waals surface area contributed by atoms with Gasteiger partial charge in [0.1, 0.15) is 10.6 Å². The van der Waals surface area contributed by atoms with E-state index in [9.17, 15) is 21.6 Å². The van der Waals surface area contributed by atoms with Crippen molar-refractivity contribution in [2.75, 3.05) is 27.2 Å². The molecule has 0 bridgehead atoms. The van der Waals surface area contributed by atoms with Crippen molar-refractivity contribution in [1.29, 1.82) is 0 Å². The highest BCUT2D eigenvalue weighted by Gasteiger charge is 2.35. The summed E-state index contributed by atoms with van der Waals surface area (Å²) in [5.41, 5.74) is 0.899. The van der Waals surface area contributed by atoms with Crippen molar-refractivity contribution in [3.8, 4) is 5.75 Å². The van der Waals surface area contributed by atoms with E-state index in [0.29, 0.717) is 31.8 Å². The van der Waals surface area contributed by atoms with Crippen LogP contribution in [0.4, 0.5) is 13.2 Å². The summed E-state index contributed by atoms with van der Waals surface area (Å²) >= 11 is 0. The number of aryl methyl sites for hydroxylation is 1. The molecule has 1 saturated heterocycles. The molecule has 0 spiro atoms. The average Bonchev–Trinajstić information content (AvgIpc) is 3.15. The maximum absolute atomic E-state index is 13.2. The van der Waals surface area contributed by atoms with Gasteiger partial charge >= 0.3 is 6.18 Å². The molecule has 9 heteroatoms. The van der Waals surface area contributed by atoms with Gasteiger partial charge in [-0.05, 0) is 48.7 Å². The molecule has 0 aliphatic carbocycles. The Morgan fingerprint density at radius 1 is 1.17 bits per heavy atom. The van der Waals surface area contributed by atoms with Gasteiger partial charge in [-0.1, -0.05) is 18.2 Å². The third kappa shape index (κ3) is 4.79. The van der Waals surface area contributed by atoms with Gasteiger partial charge in [-0.2, -0.15) is 17.5 Å². The molecule has 1 aliphatic rings. The molecule has 0 N–H and O–H groups in total. The molecule has 1 aliphatic heterocycles. The molecular weight excluding hydrogens is 417 g/mol. The number of likely N-dealkylation sites (N-methyl/N-ethyl adjacent to an activating group) is 1. The summed E-state index contributed by atoms with van der Waals surface area (Å²) in [6, 6.07) is 9.88. The SMILES string of the molecule is COc1ccc(C)cc1S(=O)(=O)N(C)C1CCN(Cc2ccc(C(F)(F)F)cc2)C1. The first-order valence-corrected chi connectivity index (χ1v) is 11.0. The first-order valence-electron chi connectivity index (χ1n) is 9.53. The van der Waals surface area contributed by atoms with Crippen molar-refractivity contribution in [2.24, 2.45) is 0 Å². The molecule has 1 heterocycles. The molecule has 0 aromatic heterocycles. The fourth-order valence-electron chi connectivity index (χ4n) is 3.65. The quantitative estimate of drug-likeness (QED) is 0.681. The van der Waals surface area contributed by atoms with Crippen molar-refractivity contribution in [2.45, 2.75) is 37.0 Å². The number of rotatable bonds is 6. The minimum absolute atomic E-state index is 0.133. The van der Waals surface area contributed by atoms with Gasteiger partial charge in [-0.15, -0.1) is 0 Å². The van der Waals surface area contributed by atoms with E-state index in [1.165, 1.54) is 23.5 Å². The van der Waals surface area contributed by atoms with E-state index in [-0.39, 0.29) is 10.9 Å². The number of ether oxygens (including phenoxy) is 1. The van der Waals surface area contributed by atoms with E-state index in [1.807, 2.05) is 11.8 Å². The zero-order valence-corrected chi connectivity index (χ0v) is 17.9. The number of benzene rings is 2. The zero-order valence-electron chi connectivity index (χ0n) is 17.1. The van der Waals surface area contributed by atoms with Crippen LogP contribution >= 0.6 is 0 Å². The lowest BCUT2D eigenvalue weighted by atomic mass is 10.1. The van der Waals surface area contributed by atoms with Crippen molar-refractivity contribution in [3.05, 3.63) is 59.2 Å². The van der Waals surface area contributed by atoms with E-state index in [2.05, 4.69) is 0 Å². The second-order valence-electron chi connectivity index (χ2n) is 7.55. The minimum atomic E-state index is -4.36. The number of likely N-dealkylation sites (tertiary alicyclic amines) is 1. The summed E-state index contributed by atoms with van der Waals surface area (Å²) in [7, 11) is -0.755. The van der Waals surface area contributed by atoms with Crippen LogP contribution in [0.5, 0.6) is 5.75 Å². The minimum Gasteiger partial charge on any atom is -0.495 e. The lowest BCUT2D eigenvalue weighted by Gasteiger charge is -2.25. The number of alkyl halides is 3. The standard InChI is InChI=1S/C21H25F3N2O3S/c1-15-4-9-19(29-3)20(12-15)30(27,28)25(2)18-10-11-26(14-18)13-16-5-7-17(8-6-16)21(22,23)24/h4-9,12,18H,10-11,13-14H2,1-3H3. The Morgan fingerprint density at radius 3 is 2.43 bits per heavy atom. The second kappa shape index (κ2) is 8.56. The largest absolute Gasteiger partial charge is 0.495 e. The Hall–Kier alpha value is -2.10. The Balaban J connectivity index is 1.69. The molecule has 2 aromatic rings. The lowest BCUT2D eigenvalue weighted by Crippen LogP contribution is -2.39. The third-order valence-corrected chi connectivity index (χ3v) is 7.36. The summed E-state index contributed by atoms with van der Waals surface area (Å²) in [5, 5.41) is 0. The Labute approximate surface area is 175 Å². The third-order valence-electron chi connectivity index (χ3n) is 5.43. The van der Waals surface area contributed by atoms with Crippen molar-refractivity contribution >= 4 is 10.0 Å². The molecule has 3 rings (SSSR count). The first kappa shape index (κ1) is 22.6. The molecule has 5 nitrogen and oxygen atoms in total. The Kier molecular flexibility index (Phi) is 6.45. The van der Waals surface area contributed by atoms with Crippen LogP contribution in [0.1, 0.15) is 23.1 Å². The summed E-state index contributed by atoms with van der Waals surface area (Å²) < 4.78 is 71.1. The topological polar surface area (TPSA) is 49.9 Å². The summed E-state index contributed by atoms with van der Waals surface area (Å²) in [5.74, 6) is 0.298. The highest BCUT2D eigenvalue weighted by Crippen LogP contribution is 2.31. The van der Waals surface area contributed by atoms with E-state index in [4.69, 9.17) is 4.74 Å². The van der Waals surface area contributed by atoms with Crippen molar-refractivity contribution < 1.29 is 26.3 Å². The van der Waals surface area contributed by atoms with Crippen LogP contribution in [0.3, 0.4) is 0 Å². The number of hydrogen-bond donors (Lipinski definition) is 0. The molecule has 0 saturated carbocycles. The van der Waals surface area contributed by atoms with Gasteiger partial charge in [0.05, 0.1) is 12.7 Å². The molecule has 164 valence electrons. The molecule has 30 heavy (non-hydrogen) atoms. The van der Waals surface area contributed by atoms with Crippen LogP contribution in [-0.2, 0) is 22.7 Å². The lowest BCUT2D eigenvalue weighted by molar-refractivity contribution is -0.137. The Bertz CT molecular complexity index is 992. The monoisotopic (exact) mass is 442 g/mol. The zero-order chi connectivity index (χ0) is 22.1. The van der Waals surface area contributed by atoms with Gasteiger partial charge in [0.2, 0.25) is 10.0 Å². The van der Waals surface area contributed by atoms with Crippen LogP contribution in [0.25, 0.3) is 0 Å². The molecule has 0 amide bonds. The van der Waals surface area contributed by atoms with Crippen molar-refractivity contribution in [1.82, 2.24) is 9.21 Å². The molecular formula is C21H25F3N2O3S. The smallest absolute Gasteiger partial charge is 0.416 e. The fourth-order valence-corrected chi connectivity index (χ4v) is 5.26. The number of nitrogens with zero attached hydrogens (tertiary/aromatic N) is 2. The maximum atomic E-state index is 13.2. The van der Waals surface area contributed by atoms with Gasteiger partial charge in [-0.3, -0.25) is 4.90 Å². The fraction of sp³-hybridized carbons (Fsp3) is 0.429. The van der Waals surface area contributed by atoms with Gasteiger partial charge < -0.3 is 4.74 Å². The van der Waals surface area contributed by atoms with Crippen LogP contribution in [-0.4, -0.2) is 50.9 Å². The number of sulfonamides is 1. The van der Waals surface area contributed by atoms with E-state index in [0.717, 1.165) is 23.3 Å². The molecule has 1 fully saturated rings. The predicted octanol–water partition coefficient (Wildman–Crippen LogP) is 3.92. The summed E-state index contributed by atoms with van der Waals surface area (Å²) in [6.07, 6.45) is -3.71. The first-order chi connectivity index (χ1) is 14.0. The number of halogens is 3. The molecule has 0 radical (unpaired) electrons. The van der Waals surface area contributed by atoms with Gasteiger partial charge in [0.15, 0.2) is 0 Å². The van der Waals surface area contributed by atoms with E-state index < -0.39 is 21.8 Å². The number of hydrogen-bond acceptors (Lipinski definition) is 4. The predicted molar refractivity (Wildman–Crippen MR) is 108 cm³/mol. The van der Waals surface area contributed by atoms with E-state index >= 15 is 0 Å². The van der Waals surface area contributed by atoms with Crippen LogP contribution < -0.4 is 4.74 Å². The van der Waals surface area contributed by atoms with Crippen LogP contribution in [0.15, 0.2) is 47.4 Å². The highest BCUT2D eigenvalue weighted by molar-refractivity contribution is 7.89. The number of methoxy groups -OCH3 is 1. The Morgan fingerprint density at radius 2 is 1.83 bits per heavy atom. The van der Waals surface area contributed by atoms with Crippen LogP contribution in [0, 0.1) is 6.92 Å². The molecule has 1 atom stereocenters. The van der Waals surface area contributed by atoms with Crippen LogP contribution in [0.2, 0.25) is 0 Å². The average molecular weight is 443 g/mol. The summed E-state index contributed by atoms with van der Waals surface area (Å²) in [6.45, 7) is 3.46. The maximum Gasteiger partial charge on any atom is 0.416 e. The highest BCUT2D eigenvalue weighted by atomic mass is 32.2. The molecule has 2 aromatic carbocycles. The van der Waals surface area contributed by atoms with Gasteiger partial charge in [0, 0.05) is 32.7 Å². The molecule has 1 unspecified atom stereocenters. The van der Waals surface area contributed by atoms with E-state index in [1.54, 1.807) is 25.2 Å². The van der Waals surface area contributed by atoms with Crippen molar-refractivity contribution in [3.63, 3.8) is 0 Å².